The summed E-state index contributed by atoms with van der Waals surface area (Å²) >= 11 is 11.5. The van der Waals surface area contributed by atoms with Crippen LogP contribution in [0, 0.1) is 0 Å². The molecule has 0 spiro atoms. The topological polar surface area (TPSA) is 84.6 Å². The third-order valence-corrected chi connectivity index (χ3v) is 3.49. The van der Waals surface area contributed by atoms with Crippen molar-refractivity contribution in [2.45, 2.75) is 0 Å². The van der Waals surface area contributed by atoms with Crippen LogP contribution in [-0.4, -0.2) is 17.1 Å². The zero-order valence-electron chi connectivity index (χ0n) is 12.0. The summed E-state index contributed by atoms with van der Waals surface area (Å²) in [5, 5.41) is 4.36. The number of nitrogens with zero attached hydrogens (tertiary/aromatic N) is 2. The first-order valence-electron chi connectivity index (χ1n) is 6.71. The number of amides is 1. The number of nitrogens with one attached hydrogen (secondary N) is 1. The van der Waals surface area contributed by atoms with Crippen molar-refractivity contribution in [3.05, 3.63) is 74.3 Å². The summed E-state index contributed by atoms with van der Waals surface area (Å²) in [4.78, 5) is 28.0. The van der Waals surface area contributed by atoms with E-state index in [0.29, 0.717) is 11.0 Å². The smallest absolute Gasteiger partial charge is 0.271 e. The molecule has 0 aliphatic rings. The fourth-order valence-electron chi connectivity index (χ4n) is 2.00. The third-order valence-electron chi connectivity index (χ3n) is 3.10. The number of aromatic nitrogens is 1. The maximum Gasteiger partial charge on any atom is 0.271 e. The fraction of sp³-hybridized carbons (Fsp3) is 0. The standard InChI is InChI=1S/C16H9Cl2N3O3/c17-13-5-9(6-14(18)20-13)16(23)21-19-7-10-8-24-12-4-2-1-3-11(12)15(10)22/h1-8H,(H,21,23). The molecular formula is C16H9Cl2N3O3. The van der Waals surface area contributed by atoms with Gasteiger partial charge in [-0.15, -0.1) is 0 Å². The highest BCUT2D eigenvalue weighted by Gasteiger charge is 2.08. The van der Waals surface area contributed by atoms with E-state index in [0.717, 1.165) is 0 Å². The van der Waals surface area contributed by atoms with Crippen LogP contribution in [-0.2, 0) is 0 Å². The summed E-state index contributed by atoms with van der Waals surface area (Å²) in [6.45, 7) is 0. The lowest BCUT2D eigenvalue weighted by Crippen LogP contribution is -2.18. The van der Waals surface area contributed by atoms with E-state index >= 15 is 0 Å². The minimum Gasteiger partial charge on any atom is -0.463 e. The van der Waals surface area contributed by atoms with Crippen LogP contribution in [0.1, 0.15) is 15.9 Å². The molecule has 0 fully saturated rings. The number of carbonyl (C=O) groups is 1. The average Bonchev–Trinajstić information content (AvgIpc) is 2.56. The molecule has 0 unspecified atom stereocenters. The Balaban J connectivity index is 1.80. The Labute approximate surface area is 145 Å². The summed E-state index contributed by atoms with van der Waals surface area (Å²) in [6.07, 6.45) is 2.49. The molecule has 1 aromatic carbocycles. The lowest BCUT2D eigenvalue weighted by atomic mass is 10.2. The molecule has 0 aliphatic heterocycles. The molecular weight excluding hydrogens is 353 g/mol. The largest absolute Gasteiger partial charge is 0.463 e. The predicted molar refractivity (Wildman–Crippen MR) is 91.8 cm³/mol. The molecule has 24 heavy (non-hydrogen) atoms. The SMILES string of the molecule is O=C(NN=Cc1coc2ccccc2c1=O)c1cc(Cl)nc(Cl)c1. The number of hydrogen-bond acceptors (Lipinski definition) is 5. The summed E-state index contributed by atoms with van der Waals surface area (Å²) < 4.78 is 5.35. The zero-order valence-corrected chi connectivity index (χ0v) is 13.5. The molecule has 3 rings (SSSR count). The Kier molecular flexibility index (Phi) is 4.59. The van der Waals surface area contributed by atoms with Gasteiger partial charge in [0.15, 0.2) is 0 Å². The monoisotopic (exact) mass is 361 g/mol. The van der Waals surface area contributed by atoms with Gasteiger partial charge >= 0.3 is 0 Å². The van der Waals surface area contributed by atoms with Crippen molar-refractivity contribution in [3.8, 4) is 0 Å². The highest BCUT2D eigenvalue weighted by Crippen LogP contribution is 2.14. The molecule has 0 radical (unpaired) electrons. The number of pyridine rings is 1. The molecule has 3 aromatic rings. The molecule has 1 N–H and O–H groups in total. The number of halogens is 2. The Bertz CT molecular complexity index is 995. The normalized spacial score (nSPS) is 11.1. The molecule has 0 aliphatic carbocycles. The number of para-hydroxylation sites is 1. The van der Waals surface area contributed by atoms with Crippen LogP contribution in [0.4, 0.5) is 0 Å². The van der Waals surface area contributed by atoms with Gasteiger partial charge in [0.2, 0.25) is 5.43 Å². The molecule has 2 heterocycles. The maximum atomic E-state index is 12.3. The van der Waals surface area contributed by atoms with E-state index in [1.165, 1.54) is 24.6 Å². The van der Waals surface area contributed by atoms with Crippen molar-refractivity contribution >= 4 is 46.3 Å². The van der Waals surface area contributed by atoms with Crippen molar-refractivity contribution in [2.75, 3.05) is 0 Å². The van der Waals surface area contributed by atoms with E-state index in [1.807, 2.05) is 0 Å². The molecule has 120 valence electrons. The third kappa shape index (κ3) is 3.45. The lowest BCUT2D eigenvalue weighted by molar-refractivity contribution is 0.0955. The Hall–Kier alpha value is -2.70. The van der Waals surface area contributed by atoms with Crippen molar-refractivity contribution in [1.29, 1.82) is 0 Å². The molecule has 6 nitrogen and oxygen atoms in total. The number of rotatable bonds is 3. The van der Waals surface area contributed by atoms with E-state index in [2.05, 4.69) is 15.5 Å². The molecule has 0 saturated carbocycles. The van der Waals surface area contributed by atoms with Crippen LogP contribution >= 0.6 is 23.2 Å². The van der Waals surface area contributed by atoms with E-state index < -0.39 is 5.91 Å². The van der Waals surface area contributed by atoms with Gasteiger partial charge in [-0.3, -0.25) is 9.59 Å². The van der Waals surface area contributed by atoms with Crippen LogP contribution in [0.15, 0.2) is 57.0 Å². The number of hydrogen-bond donors (Lipinski definition) is 1. The lowest BCUT2D eigenvalue weighted by Gasteiger charge is -2.01. The number of fused-ring (bicyclic) bond motifs is 1. The van der Waals surface area contributed by atoms with Crippen LogP contribution in [0.25, 0.3) is 11.0 Å². The second-order valence-electron chi connectivity index (χ2n) is 4.72. The molecule has 0 saturated heterocycles. The van der Waals surface area contributed by atoms with Crippen LogP contribution in [0.3, 0.4) is 0 Å². The van der Waals surface area contributed by atoms with Crippen molar-refractivity contribution in [2.24, 2.45) is 5.10 Å². The van der Waals surface area contributed by atoms with Gasteiger partial charge in [0.05, 0.1) is 17.2 Å². The van der Waals surface area contributed by atoms with E-state index in [-0.39, 0.29) is 26.9 Å². The van der Waals surface area contributed by atoms with Gasteiger partial charge in [-0.05, 0) is 24.3 Å². The first-order chi connectivity index (χ1) is 11.5. The molecule has 2 aromatic heterocycles. The van der Waals surface area contributed by atoms with Gasteiger partial charge in [0, 0.05) is 5.56 Å². The van der Waals surface area contributed by atoms with Crippen molar-refractivity contribution < 1.29 is 9.21 Å². The number of benzene rings is 1. The summed E-state index contributed by atoms with van der Waals surface area (Å²) in [7, 11) is 0. The van der Waals surface area contributed by atoms with Gasteiger partial charge in [-0.25, -0.2) is 10.4 Å². The second kappa shape index (κ2) is 6.82. The number of hydrazone groups is 1. The Morgan fingerprint density at radius 3 is 2.67 bits per heavy atom. The summed E-state index contributed by atoms with van der Waals surface area (Å²) in [5.41, 5.74) is 2.92. The Morgan fingerprint density at radius 2 is 1.92 bits per heavy atom. The van der Waals surface area contributed by atoms with E-state index in [4.69, 9.17) is 27.6 Å². The van der Waals surface area contributed by atoms with E-state index in [1.54, 1.807) is 24.3 Å². The van der Waals surface area contributed by atoms with Crippen molar-refractivity contribution in [3.63, 3.8) is 0 Å². The van der Waals surface area contributed by atoms with E-state index in [9.17, 15) is 9.59 Å². The first-order valence-corrected chi connectivity index (χ1v) is 7.47. The average molecular weight is 362 g/mol. The zero-order chi connectivity index (χ0) is 17.1. The fourth-order valence-corrected chi connectivity index (χ4v) is 2.46. The van der Waals surface area contributed by atoms with Gasteiger partial charge in [-0.2, -0.15) is 5.10 Å². The highest BCUT2D eigenvalue weighted by atomic mass is 35.5. The highest BCUT2D eigenvalue weighted by molar-refractivity contribution is 6.33. The molecule has 1 amide bonds. The van der Waals surface area contributed by atoms with Crippen molar-refractivity contribution in [1.82, 2.24) is 10.4 Å². The maximum absolute atomic E-state index is 12.3. The van der Waals surface area contributed by atoms with Crippen LogP contribution in [0.5, 0.6) is 0 Å². The van der Waals surface area contributed by atoms with Crippen LogP contribution < -0.4 is 10.9 Å². The number of carbonyl (C=O) groups excluding carboxylic acids is 1. The van der Waals surface area contributed by atoms with Gasteiger partial charge < -0.3 is 4.42 Å². The van der Waals surface area contributed by atoms with Crippen LogP contribution in [0.2, 0.25) is 10.3 Å². The molecule has 0 bridgehead atoms. The molecule has 0 atom stereocenters. The first kappa shape index (κ1) is 16.2. The second-order valence-corrected chi connectivity index (χ2v) is 5.49. The predicted octanol–water partition coefficient (Wildman–Crippen LogP) is 3.26. The molecule has 8 heteroatoms. The van der Waals surface area contributed by atoms with Gasteiger partial charge in [-0.1, -0.05) is 35.3 Å². The summed E-state index contributed by atoms with van der Waals surface area (Å²) in [5.74, 6) is -0.539. The quantitative estimate of drug-likeness (QED) is 0.440. The van der Waals surface area contributed by atoms with Gasteiger partial charge in [0.1, 0.15) is 22.2 Å². The minimum atomic E-state index is -0.539. The minimum absolute atomic E-state index is 0.0896. The van der Waals surface area contributed by atoms with Gasteiger partial charge in [0.25, 0.3) is 5.91 Å². The summed E-state index contributed by atoms with van der Waals surface area (Å²) in [6, 6.07) is 9.54. The Morgan fingerprint density at radius 1 is 1.21 bits per heavy atom.